The van der Waals surface area contributed by atoms with Gasteiger partial charge in [-0.3, -0.25) is 0 Å². The molecule has 0 aromatic rings. The minimum absolute atomic E-state index is 0.0120. The van der Waals surface area contributed by atoms with Crippen molar-refractivity contribution >= 4 is 0 Å². The Bertz CT molecular complexity index is 202. The van der Waals surface area contributed by atoms with Crippen LogP contribution in [0.2, 0.25) is 0 Å². The van der Waals surface area contributed by atoms with Crippen molar-refractivity contribution in [2.75, 3.05) is 26.8 Å². The Morgan fingerprint density at radius 3 is 1.69 bits per heavy atom. The average Bonchev–Trinajstić information content (AvgIpc) is 2.29. The van der Waals surface area contributed by atoms with Crippen LogP contribution in [0, 0.1) is 0 Å². The molecule has 2 aliphatic rings. The van der Waals surface area contributed by atoms with E-state index >= 15 is 0 Å². The lowest BCUT2D eigenvalue weighted by Crippen LogP contribution is -2.56. The van der Waals surface area contributed by atoms with Crippen LogP contribution in [0.25, 0.3) is 0 Å². The van der Waals surface area contributed by atoms with E-state index in [1.807, 2.05) is 0 Å². The van der Waals surface area contributed by atoms with Crippen LogP contribution < -0.4 is 0 Å². The molecule has 2 saturated heterocycles. The van der Waals surface area contributed by atoms with Gasteiger partial charge in [0.25, 0.3) is 0 Å². The van der Waals surface area contributed by atoms with Gasteiger partial charge in [-0.1, -0.05) is 0 Å². The molecule has 1 unspecified atom stereocenters. The molecule has 16 heavy (non-hydrogen) atoms. The van der Waals surface area contributed by atoms with Crippen molar-refractivity contribution in [1.29, 1.82) is 0 Å². The summed E-state index contributed by atoms with van der Waals surface area (Å²) in [6.45, 7) is 0.221. The fraction of sp³-hybridized carbons (Fsp3) is 1.00. The van der Waals surface area contributed by atoms with Crippen LogP contribution in [0.1, 0.15) is 0 Å². The van der Waals surface area contributed by atoms with Gasteiger partial charge in [0.2, 0.25) is 0 Å². The summed E-state index contributed by atoms with van der Waals surface area (Å²) in [4.78, 5) is 0. The molecule has 0 amide bonds. The van der Waals surface area contributed by atoms with E-state index in [-0.39, 0.29) is 26.8 Å². The van der Waals surface area contributed by atoms with E-state index in [0.29, 0.717) is 0 Å². The van der Waals surface area contributed by atoms with Gasteiger partial charge >= 0.3 is 0 Å². The van der Waals surface area contributed by atoms with Crippen molar-refractivity contribution in [2.45, 2.75) is 30.5 Å². The van der Waals surface area contributed by atoms with Gasteiger partial charge in [0.1, 0.15) is 44.1 Å². The highest BCUT2D eigenvalue weighted by Gasteiger charge is 2.41. The lowest BCUT2D eigenvalue weighted by atomic mass is 9.98. The molecule has 0 saturated carbocycles. The zero-order valence-corrected chi connectivity index (χ0v) is 8.69. The van der Waals surface area contributed by atoms with E-state index in [1.54, 1.807) is 0 Å². The molecule has 2 heterocycles. The summed E-state index contributed by atoms with van der Waals surface area (Å²) < 4.78 is 19.9. The predicted octanol–water partition coefficient (Wildman–Crippen LogP) is -2.19. The third-order valence-electron chi connectivity index (χ3n) is 2.70. The van der Waals surface area contributed by atoms with E-state index in [0.717, 1.165) is 0 Å². The summed E-state index contributed by atoms with van der Waals surface area (Å²) in [5, 5.41) is 29.1. The quantitative estimate of drug-likeness (QED) is 0.501. The fourth-order valence-electron chi connectivity index (χ4n) is 1.84. The fourth-order valence-corrected chi connectivity index (χ4v) is 1.84. The zero-order valence-electron chi connectivity index (χ0n) is 8.69. The van der Waals surface area contributed by atoms with Crippen LogP contribution >= 0.6 is 0 Å². The van der Waals surface area contributed by atoms with Crippen molar-refractivity contribution in [3.63, 3.8) is 0 Å². The standard InChI is InChI=1S/C9H16O7/c10-5-1-13-3-15-8(5)7(12)9-6(11)2-14-4-16-9/h5-12H,1-4H2/t5-,6+,7?,8+,9-. The number of hydrogen-bond acceptors (Lipinski definition) is 7. The van der Waals surface area contributed by atoms with Crippen LogP contribution in [0.15, 0.2) is 0 Å². The normalized spacial score (nSPS) is 42.9. The number of aliphatic hydroxyl groups is 3. The summed E-state index contributed by atoms with van der Waals surface area (Å²) in [7, 11) is 0. The van der Waals surface area contributed by atoms with Crippen molar-refractivity contribution in [2.24, 2.45) is 0 Å². The first kappa shape index (κ1) is 12.2. The maximum atomic E-state index is 9.96. The van der Waals surface area contributed by atoms with Gasteiger partial charge in [-0.15, -0.1) is 0 Å². The summed E-state index contributed by atoms with van der Waals surface area (Å²) in [5.41, 5.74) is 0. The van der Waals surface area contributed by atoms with Crippen molar-refractivity contribution in [1.82, 2.24) is 0 Å². The predicted molar refractivity (Wildman–Crippen MR) is 49.4 cm³/mol. The molecule has 0 aromatic carbocycles. The minimum atomic E-state index is -1.11. The number of hydrogen-bond donors (Lipinski definition) is 3. The van der Waals surface area contributed by atoms with Crippen LogP contribution in [0.5, 0.6) is 0 Å². The highest BCUT2D eigenvalue weighted by atomic mass is 16.7. The van der Waals surface area contributed by atoms with E-state index in [1.165, 1.54) is 0 Å². The van der Waals surface area contributed by atoms with Crippen molar-refractivity contribution in [3.8, 4) is 0 Å². The smallest absolute Gasteiger partial charge is 0.147 e. The van der Waals surface area contributed by atoms with Gasteiger partial charge in [-0.2, -0.15) is 0 Å². The van der Waals surface area contributed by atoms with E-state index in [4.69, 9.17) is 18.9 Å². The largest absolute Gasteiger partial charge is 0.388 e. The van der Waals surface area contributed by atoms with Crippen LogP contribution in [-0.2, 0) is 18.9 Å². The van der Waals surface area contributed by atoms with E-state index in [2.05, 4.69) is 0 Å². The van der Waals surface area contributed by atoms with E-state index in [9.17, 15) is 15.3 Å². The van der Waals surface area contributed by atoms with Crippen LogP contribution in [0.3, 0.4) is 0 Å². The Morgan fingerprint density at radius 1 is 0.875 bits per heavy atom. The summed E-state index contributed by atoms with van der Waals surface area (Å²) in [6.07, 6.45) is -4.60. The molecular formula is C9H16O7. The molecule has 0 aromatic heterocycles. The molecular weight excluding hydrogens is 220 g/mol. The van der Waals surface area contributed by atoms with Gasteiger partial charge in [0.05, 0.1) is 13.2 Å². The Labute approximate surface area is 92.5 Å². The van der Waals surface area contributed by atoms with Crippen LogP contribution in [0.4, 0.5) is 0 Å². The molecule has 2 aliphatic heterocycles. The number of aliphatic hydroxyl groups excluding tert-OH is 3. The molecule has 0 aliphatic carbocycles. The molecule has 3 N–H and O–H groups in total. The minimum Gasteiger partial charge on any atom is -0.388 e. The van der Waals surface area contributed by atoms with Gasteiger partial charge in [0, 0.05) is 0 Å². The van der Waals surface area contributed by atoms with Crippen LogP contribution in [-0.4, -0.2) is 72.6 Å². The SMILES string of the molecule is OC([C@H]1OCOC[C@H]1O)[C@@H]1OCOC[C@@H]1O. The highest BCUT2D eigenvalue weighted by molar-refractivity contribution is 4.88. The molecule has 5 atom stereocenters. The molecule has 7 heteroatoms. The lowest BCUT2D eigenvalue weighted by molar-refractivity contribution is -0.269. The van der Waals surface area contributed by atoms with Gasteiger partial charge in [0.15, 0.2) is 0 Å². The van der Waals surface area contributed by atoms with Gasteiger partial charge in [-0.05, 0) is 0 Å². The molecule has 94 valence electrons. The second-order valence-corrected chi connectivity index (χ2v) is 3.87. The average molecular weight is 236 g/mol. The molecule has 2 fully saturated rings. The number of ether oxygens (including phenoxy) is 4. The van der Waals surface area contributed by atoms with Crippen molar-refractivity contribution in [3.05, 3.63) is 0 Å². The maximum absolute atomic E-state index is 9.96. The maximum Gasteiger partial charge on any atom is 0.147 e. The zero-order chi connectivity index (χ0) is 11.5. The molecule has 2 rings (SSSR count). The van der Waals surface area contributed by atoms with Gasteiger partial charge < -0.3 is 34.3 Å². The van der Waals surface area contributed by atoms with Gasteiger partial charge in [-0.25, -0.2) is 0 Å². The number of rotatable bonds is 2. The Morgan fingerprint density at radius 2 is 1.31 bits per heavy atom. The Hall–Kier alpha value is -0.280. The first-order valence-electron chi connectivity index (χ1n) is 5.13. The van der Waals surface area contributed by atoms with Crippen molar-refractivity contribution < 1.29 is 34.3 Å². The molecule has 0 bridgehead atoms. The summed E-state index contributed by atoms with van der Waals surface area (Å²) in [5.74, 6) is 0. The first-order valence-corrected chi connectivity index (χ1v) is 5.13. The molecule has 0 spiro atoms. The lowest BCUT2D eigenvalue weighted by Gasteiger charge is -2.38. The molecule has 0 radical (unpaired) electrons. The Kier molecular flexibility index (Phi) is 4.09. The summed E-state index contributed by atoms with van der Waals surface area (Å²) >= 11 is 0. The van der Waals surface area contributed by atoms with E-state index < -0.39 is 30.5 Å². The Balaban J connectivity index is 1.96. The monoisotopic (exact) mass is 236 g/mol. The summed E-state index contributed by atoms with van der Waals surface area (Å²) in [6, 6.07) is 0. The highest BCUT2D eigenvalue weighted by Crippen LogP contribution is 2.20. The topological polar surface area (TPSA) is 97.6 Å². The third-order valence-corrected chi connectivity index (χ3v) is 2.70. The second-order valence-electron chi connectivity index (χ2n) is 3.87. The molecule has 7 nitrogen and oxygen atoms in total. The second kappa shape index (κ2) is 5.37. The first-order chi connectivity index (χ1) is 7.70. The third kappa shape index (κ3) is 2.51.